The molecule has 0 unspecified atom stereocenters. The van der Waals surface area contributed by atoms with Crippen molar-refractivity contribution in [3.8, 4) is 0 Å². The van der Waals surface area contributed by atoms with Crippen molar-refractivity contribution in [3.05, 3.63) is 35.9 Å². The van der Waals surface area contributed by atoms with Gasteiger partial charge in [-0.3, -0.25) is 4.79 Å². The average Bonchev–Trinajstić information content (AvgIpc) is 2.54. The zero-order chi connectivity index (χ0) is 21.6. The summed E-state index contributed by atoms with van der Waals surface area (Å²) in [6.45, 7) is 20.5. The first-order valence-corrected chi connectivity index (χ1v) is 13.3. The number of hydrogen-bond donors (Lipinski definition) is 1. The van der Waals surface area contributed by atoms with E-state index in [-0.39, 0.29) is 23.0 Å². The fraction of sp³-hybridized carbons (Fsp3) is 0.696. The highest BCUT2D eigenvalue weighted by atomic mass is 28.4. The van der Waals surface area contributed by atoms with Crippen molar-refractivity contribution >= 4 is 14.3 Å². The molecule has 4 nitrogen and oxygen atoms in total. The third-order valence-corrected chi connectivity index (χ3v) is 9.92. The Labute approximate surface area is 173 Å². The maximum Gasteiger partial charge on any atom is 0.307 e. The Morgan fingerprint density at radius 3 is 2.14 bits per heavy atom. The van der Waals surface area contributed by atoms with Gasteiger partial charge in [0.15, 0.2) is 8.32 Å². The lowest BCUT2D eigenvalue weighted by molar-refractivity contribution is -0.155. The van der Waals surface area contributed by atoms with Gasteiger partial charge in [-0.2, -0.15) is 0 Å². The molecule has 1 N–H and O–H groups in total. The van der Waals surface area contributed by atoms with Crippen LogP contribution >= 0.6 is 0 Å². The first-order chi connectivity index (χ1) is 12.7. The highest BCUT2D eigenvalue weighted by molar-refractivity contribution is 6.74. The summed E-state index contributed by atoms with van der Waals surface area (Å²) in [5.41, 5.74) is 0.733. The van der Waals surface area contributed by atoms with Crippen LogP contribution in [0.2, 0.25) is 18.1 Å². The van der Waals surface area contributed by atoms with Crippen LogP contribution in [-0.2, 0) is 20.5 Å². The number of benzene rings is 1. The van der Waals surface area contributed by atoms with Crippen LogP contribution in [0.5, 0.6) is 0 Å². The number of carbonyl (C=O) groups is 1. The topological polar surface area (TPSA) is 47.6 Å². The van der Waals surface area contributed by atoms with Crippen LogP contribution < -0.4 is 5.32 Å². The van der Waals surface area contributed by atoms with Crippen molar-refractivity contribution in [2.45, 2.75) is 91.2 Å². The van der Waals surface area contributed by atoms with Gasteiger partial charge in [0, 0.05) is 19.2 Å². The van der Waals surface area contributed by atoms with Crippen molar-refractivity contribution in [2.75, 3.05) is 6.61 Å². The van der Waals surface area contributed by atoms with E-state index in [1.807, 2.05) is 39.0 Å². The van der Waals surface area contributed by atoms with E-state index in [2.05, 4.69) is 58.2 Å². The molecule has 160 valence electrons. The van der Waals surface area contributed by atoms with E-state index in [9.17, 15) is 4.79 Å². The SMILES string of the molecule is C[C@@H](CO[Si](C)(C)C(C)(C)C)[C@H](CC(=O)OC(C)(C)C)NCc1ccccc1. The Bertz CT molecular complexity index is 603. The molecule has 0 heterocycles. The normalized spacial score (nSPS) is 15.2. The van der Waals surface area contributed by atoms with E-state index in [0.717, 1.165) is 6.54 Å². The van der Waals surface area contributed by atoms with E-state index in [1.54, 1.807) is 0 Å². The number of nitrogens with one attached hydrogen (secondary N) is 1. The number of esters is 1. The summed E-state index contributed by atoms with van der Waals surface area (Å²) >= 11 is 0. The van der Waals surface area contributed by atoms with Crippen LogP contribution in [0.3, 0.4) is 0 Å². The molecule has 0 saturated carbocycles. The molecule has 0 aliphatic carbocycles. The Balaban J connectivity index is 2.78. The van der Waals surface area contributed by atoms with Gasteiger partial charge in [0.2, 0.25) is 0 Å². The largest absolute Gasteiger partial charge is 0.460 e. The third kappa shape index (κ3) is 8.89. The van der Waals surface area contributed by atoms with Crippen LogP contribution in [0.15, 0.2) is 30.3 Å². The van der Waals surface area contributed by atoms with Gasteiger partial charge in [-0.1, -0.05) is 58.0 Å². The number of carbonyl (C=O) groups excluding carboxylic acids is 1. The fourth-order valence-electron chi connectivity index (χ4n) is 2.55. The Hall–Kier alpha value is -1.17. The van der Waals surface area contributed by atoms with Gasteiger partial charge in [0.25, 0.3) is 0 Å². The lowest BCUT2D eigenvalue weighted by atomic mass is 9.99. The van der Waals surface area contributed by atoms with Crippen LogP contribution in [0.4, 0.5) is 0 Å². The van der Waals surface area contributed by atoms with E-state index < -0.39 is 13.9 Å². The molecule has 28 heavy (non-hydrogen) atoms. The number of ether oxygens (including phenoxy) is 1. The first-order valence-electron chi connectivity index (χ1n) is 10.3. The summed E-state index contributed by atoms with van der Waals surface area (Å²) in [5.74, 6) is 0.0302. The van der Waals surface area contributed by atoms with E-state index in [1.165, 1.54) is 5.56 Å². The molecular weight excluding hydrogens is 366 g/mol. The predicted molar refractivity (Wildman–Crippen MR) is 120 cm³/mol. The molecular formula is C23H41NO3Si. The monoisotopic (exact) mass is 407 g/mol. The quantitative estimate of drug-likeness (QED) is 0.431. The highest BCUT2D eigenvalue weighted by Crippen LogP contribution is 2.37. The van der Waals surface area contributed by atoms with Gasteiger partial charge in [0.05, 0.1) is 6.42 Å². The summed E-state index contributed by atoms with van der Waals surface area (Å²) in [6.07, 6.45) is 0.339. The van der Waals surface area contributed by atoms with Gasteiger partial charge in [-0.25, -0.2) is 0 Å². The second-order valence-corrected chi connectivity index (χ2v) is 15.1. The first kappa shape index (κ1) is 24.9. The fourth-order valence-corrected chi connectivity index (χ4v) is 3.67. The molecule has 0 saturated heterocycles. The van der Waals surface area contributed by atoms with Gasteiger partial charge in [-0.05, 0) is 50.4 Å². The lowest BCUT2D eigenvalue weighted by Gasteiger charge is -2.38. The number of hydrogen-bond acceptors (Lipinski definition) is 4. The van der Waals surface area contributed by atoms with Gasteiger partial charge in [-0.15, -0.1) is 0 Å². The molecule has 1 aromatic carbocycles. The second kappa shape index (κ2) is 10.0. The van der Waals surface area contributed by atoms with Crippen LogP contribution in [0, 0.1) is 5.92 Å². The molecule has 0 aliphatic heterocycles. The zero-order valence-electron chi connectivity index (χ0n) is 19.4. The standard InChI is InChI=1S/C23H41NO3Si/c1-18(17-26-28(8,9)23(5,6)7)20(15-21(25)27-22(2,3)4)24-16-19-13-11-10-12-14-19/h10-14,18,20,24H,15-17H2,1-9H3/t18-,20-/m0/s1. The summed E-state index contributed by atoms with van der Waals surface area (Å²) in [4.78, 5) is 12.5. The summed E-state index contributed by atoms with van der Waals surface area (Å²) in [6, 6.07) is 10.3. The highest BCUT2D eigenvalue weighted by Gasteiger charge is 2.38. The Kier molecular flexibility index (Phi) is 8.91. The molecule has 0 aromatic heterocycles. The lowest BCUT2D eigenvalue weighted by Crippen LogP contribution is -2.45. The van der Waals surface area contributed by atoms with Crippen molar-refractivity contribution in [2.24, 2.45) is 5.92 Å². The van der Waals surface area contributed by atoms with Crippen LogP contribution in [-0.4, -0.2) is 32.5 Å². The van der Waals surface area contributed by atoms with Crippen molar-refractivity contribution in [1.29, 1.82) is 0 Å². The smallest absolute Gasteiger partial charge is 0.307 e. The molecule has 1 rings (SSSR count). The molecule has 0 aliphatic rings. The van der Waals surface area contributed by atoms with Crippen molar-refractivity contribution in [3.63, 3.8) is 0 Å². The molecule has 0 radical (unpaired) electrons. The Morgan fingerprint density at radius 1 is 1.07 bits per heavy atom. The van der Waals surface area contributed by atoms with E-state index in [4.69, 9.17) is 9.16 Å². The van der Waals surface area contributed by atoms with Crippen molar-refractivity contribution in [1.82, 2.24) is 5.32 Å². The Morgan fingerprint density at radius 2 is 1.64 bits per heavy atom. The molecule has 2 atom stereocenters. The predicted octanol–water partition coefficient (Wildman–Crippen LogP) is 5.53. The summed E-state index contributed by atoms with van der Waals surface area (Å²) in [5, 5.41) is 3.73. The number of rotatable bonds is 9. The van der Waals surface area contributed by atoms with Gasteiger partial charge < -0.3 is 14.5 Å². The minimum atomic E-state index is -1.82. The minimum absolute atomic E-state index is 0.000163. The molecule has 0 bridgehead atoms. The molecule has 5 heteroatoms. The van der Waals surface area contributed by atoms with Gasteiger partial charge >= 0.3 is 5.97 Å². The van der Waals surface area contributed by atoms with Gasteiger partial charge in [0.1, 0.15) is 5.60 Å². The minimum Gasteiger partial charge on any atom is -0.460 e. The average molecular weight is 408 g/mol. The van der Waals surface area contributed by atoms with E-state index >= 15 is 0 Å². The molecule has 0 fully saturated rings. The maximum absolute atomic E-state index is 12.5. The maximum atomic E-state index is 12.5. The zero-order valence-corrected chi connectivity index (χ0v) is 20.4. The molecule has 1 aromatic rings. The van der Waals surface area contributed by atoms with Crippen LogP contribution in [0.25, 0.3) is 0 Å². The third-order valence-electron chi connectivity index (χ3n) is 5.42. The second-order valence-electron chi connectivity index (χ2n) is 10.3. The van der Waals surface area contributed by atoms with Crippen molar-refractivity contribution < 1.29 is 14.0 Å². The summed E-state index contributed by atoms with van der Waals surface area (Å²) < 4.78 is 12.0. The molecule has 0 amide bonds. The summed E-state index contributed by atoms with van der Waals surface area (Å²) in [7, 11) is -1.82. The molecule has 0 spiro atoms. The van der Waals surface area contributed by atoms with E-state index in [0.29, 0.717) is 13.0 Å². The van der Waals surface area contributed by atoms with Crippen LogP contribution in [0.1, 0.15) is 60.5 Å².